The zero-order valence-corrected chi connectivity index (χ0v) is 14.2. The first-order valence-corrected chi connectivity index (χ1v) is 7.79. The molecule has 0 bridgehead atoms. The van der Waals surface area contributed by atoms with Gasteiger partial charge in [-0.15, -0.1) is 0 Å². The molecule has 116 valence electrons. The van der Waals surface area contributed by atoms with Crippen molar-refractivity contribution in [2.75, 3.05) is 0 Å². The largest absolute Gasteiger partial charge is 0.594 e. The van der Waals surface area contributed by atoms with Gasteiger partial charge in [-0.05, 0) is 29.8 Å². The van der Waals surface area contributed by atoms with Crippen LogP contribution in [0.25, 0.3) is 22.4 Å². The van der Waals surface area contributed by atoms with E-state index >= 15 is 0 Å². The van der Waals surface area contributed by atoms with Crippen LogP contribution in [-0.4, -0.2) is 10.1 Å². The van der Waals surface area contributed by atoms with E-state index in [2.05, 4.69) is 10.1 Å². The van der Waals surface area contributed by atoms with Crippen molar-refractivity contribution in [1.82, 2.24) is 10.1 Å². The first-order chi connectivity index (χ1) is 11.0. The van der Waals surface area contributed by atoms with Crippen LogP contribution in [0.3, 0.4) is 0 Å². The molecule has 3 aromatic rings. The maximum atomic E-state index is 12.0. The van der Waals surface area contributed by atoms with E-state index in [4.69, 9.17) is 34.8 Å². The zero-order valence-electron chi connectivity index (χ0n) is 11.9. The summed E-state index contributed by atoms with van der Waals surface area (Å²) in [4.78, 5) is 4.78. The fourth-order valence-electron chi connectivity index (χ4n) is 2.34. The lowest BCUT2D eigenvalue weighted by molar-refractivity contribution is -0.674. The molecule has 1 aromatic carbocycles. The molecule has 0 saturated heterocycles. The topological polar surface area (TPSA) is 52.7 Å². The summed E-state index contributed by atoms with van der Waals surface area (Å²) in [6.07, 6.45) is 1.61. The third-order valence-corrected chi connectivity index (χ3v) is 4.23. The summed E-state index contributed by atoms with van der Waals surface area (Å²) >= 11 is 18.4. The Bertz CT molecular complexity index is 882. The minimum atomic E-state index is 0.0381. The van der Waals surface area contributed by atoms with Crippen molar-refractivity contribution in [3.05, 3.63) is 68.7 Å². The molecule has 0 atom stereocenters. The average molecular weight is 367 g/mol. The minimum Gasteiger partial charge on any atom is -0.594 e. The maximum absolute atomic E-state index is 12.0. The molecule has 0 unspecified atom stereocenters. The number of nitrogens with zero attached hydrogens (tertiary/aromatic N) is 3. The summed E-state index contributed by atoms with van der Waals surface area (Å²) in [5.41, 5.74) is 2.78. The number of pyridine rings is 1. The van der Waals surface area contributed by atoms with Gasteiger partial charge in [-0.1, -0.05) is 51.8 Å². The number of halogens is 3. The maximum Gasteiger partial charge on any atom is 0.227 e. The van der Waals surface area contributed by atoms with Gasteiger partial charge in [0.15, 0.2) is 0 Å². The van der Waals surface area contributed by atoms with Crippen molar-refractivity contribution in [3.8, 4) is 22.4 Å². The van der Waals surface area contributed by atoms with E-state index < -0.39 is 0 Å². The summed E-state index contributed by atoms with van der Waals surface area (Å²) in [6, 6.07) is 10.5. The van der Waals surface area contributed by atoms with E-state index in [1.165, 1.54) is 0 Å². The summed E-state index contributed by atoms with van der Waals surface area (Å²) in [7, 11) is 0. The highest BCUT2D eigenvalue weighted by atomic mass is 35.5. The molecule has 7 heteroatoms. The molecule has 2 heterocycles. The number of rotatable bonds is 2. The second-order valence-corrected chi connectivity index (χ2v) is 6.04. The second kappa shape index (κ2) is 6.32. The molecular formula is C16H10Cl3N3O. The second-order valence-electron chi connectivity index (χ2n) is 4.84. The Morgan fingerprint density at radius 1 is 1.00 bits per heavy atom. The van der Waals surface area contributed by atoms with Gasteiger partial charge in [-0.2, -0.15) is 0 Å². The van der Waals surface area contributed by atoms with Crippen molar-refractivity contribution in [3.63, 3.8) is 0 Å². The van der Waals surface area contributed by atoms with Crippen LogP contribution in [0.5, 0.6) is 0 Å². The molecule has 0 fully saturated rings. The highest BCUT2D eigenvalue weighted by molar-refractivity contribution is 6.36. The van der Waals surface area contributed by atoms with Crippen LogP contribution in [0.1, 0.15) is 5.69 Å². The molecule has 0 aliphatic rings. The standard InChI is InChI=1S/C16H10Cl3N3O/c1-9-13(10-4-6-11(17)7-5-10)14(16(19)21-22(9)23)15-12(18)3-2-8-20-15/h2-8H,1H3. The molecule has 0 saturated carbocycles. The normalized spacial score (nSPS) is 10.8. The summed E-state index contributed by atoms with van der Waals surface area (Å²) in [5.74, 6) is 0. The lowest BCUT2D eigenvalue weighted by Crippen LogP contribution is -2.35. The van der Waals surface area contributed by atoms with Gasteiger partial charge in [-0.3, -0.25) is 4.98 Å². The van der Waals surface area contributed by atoms with Crippen LogP contribution in [0.2, 0.25) is 15.2 Å². The molecule has 2 aromatic heterocycles. The Hall–Kier alpha value is -1.88. The monoisotopic (exact) mass is 365 g/mol. The molecule has 0 amide bonds. The van der Waals surface area contributed by atoms with E-state index in [9.17, 15) is 5.21 Å². The van der Waals surface area contributed by atoms with Crippen molar-refractivity contribution in [2.45, 2.75) is 6.92 Å². The predicted molar refractivity (Wildman–Crippen MR) is 91.6 cm³/mol. The highest BCUT2D eigenvalue weighted by Crippen LogP contribution is 2.39. The fourth-order valence-corrected chi connectivity index (χ4v) is 2.93. The first-order valence-electron chi connectivity index (χ1n) is 6.66. The van der Waals surface area contributed by atoms with Crippen LogP contribution in [0.4, 0.5) is 0 Å². The van der Waals surface area contributed by atoms with Gasteiger partial charge < -0.3 is 5.21 Å². The molecule has 0 spiro atoms. The van der Waals surface area contributed by atoms with E-state index in [1.54, 1.807) is 49.5 Å². The van der Waals surface area contributed by atoms with Crippen LogP contribution >= 0.6 is 34.8 Å². The molecule has 3 rings (SSSR count). The van der Waals surface area contributed by atoms with Gasteiger partial charge >= 0.3 is 0 Å². The van der Waals surface area contributed by atoms with Crippen LogP contribution in [-0.2, 0) is 0 Å². The lowest BCUT2D eigenvalue weighted by atomic mass is 9.97. The Morgan fingerprint density at radius 2 is 1.70 bits per heavy atom. The number of benzene rings is 1. The van der Waals surface area contributed by atoms with Gasteiger partial charge in [0.25, 0.3) is 0 Å². The fraction of sp³-hybridized carbons (Fsp3) is 0.0625. The minimum absolute atomic E-state index is 0.0381. The van der Waals surface area contributed by atoms with E-state index in [0.29, 0.717) is 37.4 Å². The van der Waals surface area contributed by atoms with E-state index in [1.807, 2.05) is 0 Å². The number of hydrogen-bond acceptors (Lipinski definition) is 3. The smallest absolute Gasteiger partial charge is 0.227 e. The van der Waals surface area contributed by atoms with Crippen molar-refractivity contribution < 1.29 is 4.85 Å². The van der Waals surface area contributed by atoms with Crippen molar-refractivity contribution in [1.29, 1.82) is 0 Å². The van der Waals surface area contributed by atoms with Crippen LogP contribution in [0, 0.1) is 12.1 Å². The summed E-state index contributed by atoms with van der Waals surface area (Å²) < 4.78 is 0. The first kappa shape index (κ1) is 16.0. The molecule has 4 nitrogen and oxygen atoms in total. The molecule has 0 aliphatic carbocycles. The summed E-state index contributed by atoms with van der Waals surface area (Å²) in [5, 5.41) is 16.9. The Kier molecular flexibility index (Phi) is 4.39. The molecular weight excluding hydrogens is 357 g/mol. The predicted octanol–water partition coefficient (Wildman–Crippen LogP) is 4.71. The van der Waals surface area contributed by atoms with E-state index in [-0.39, 0.29) is 5.15 Å². The van der Waals surface area contributed by atoms with Gasteiger partial charge in [0.2, 0.25) is 10.8 Å². The molecule has 0 aliphatic heterocycles. The Labute approximate surface area is 147 Å². The molecule has 0 radical (unpaired) electrons. The number of aromatic nitrogens is 3. The molecule has 23 heavy (non-hydrogen) atoms. The van der Waals surface area contributed by atoms with Gasteiger partial charge in [0.1, 0.15) is 0 Å². The van der Waals surface area contributed by atoms with Gasteiger partial charge in [-0.25, -0.2) is 0 Å². The highest BCUT2D eigenvalue weighted by Gasteiger charge is 2.24. The quantitative estimate of drug-likeness (QED) is 0.487. The van der Waals surface area contributed by atoms with Gasteiger partial charge in [0, 0.05) is 23.2 Å². The van der Waals surface area contributed by atoms with E-state index in [0.717, 1.165) is 5.56 Å². The molecule has 0 N–H and O–H groups in total. The average Bonchev–Trinajstić information content (AvgIpc) is 2.53. The SMILES string of the molecule is Cc1c(-c2ccc(Cl)cc2)c(-c2ncccc2Cl)c(Cl)n[n+]1[O-]. The summed E-state index contributed by atoms with van der Waals surface area (Å²) in [6.45, 7) is 1.67. The lowest BCUT2D eigenvalue weighted by Gasteiger charge is -2.13. The van der Waals surface area contributed by atoms with Crippen LogP contribution in [0.15, 0.2) is 42.6 Å². The van der Waals surface area contributed by atoms with Crippen molar-refractivity contribution in [2.24, 2.45) is 0 Å². The van der Waals surface area contributed by atoms with Crippen molar-refractivity contribution >= 4 is 34.8 Å². The van der Waals surface area contributed by atoms with Crippen LogP contribution < -0.4 is 4.85 Å². The Balaban J connectivity index is 2.38. The number of hydrogen-bond donors (Lipinski definition) is 0. The third kappa shape index (κ3) is 2.98. The van der Waals surface area contributed by atoms with Gasteiger partial charge in [0.05, 0.1) is 21.8 Å². The zero-order chi connectivity index (χ0) is 16.6. The Morgan fingerprint density at radius 3 is 2.35 bits per heavy atom. The third-order valence-electron chi connectivity index (χ3n) is 3.41.